The molecule has 1 saturated heterocycles. The SMILES string of the molecule is Cc1ncc2c(n1)C1(CCCN(Cc3nccn3C)C1)CC2. The Morgan fingerprint density at radius 2 is 2.18 bits per heavy atom. The van der Waals surface area contributed by atoms with Gasteiger partial charge in [0.1, 0.15) is 11.6 Å². The van der Waals surface area contributed by atoms with Crippen molar-refractivity contribution in [3.8, 4) is 0 Å². The first-order valence-electron chi connectivity index (χ1n) is 8.18. The van der Waals surface area contributed by atoms with Crippen LogP contribution in [0.15, 0.2) is 18.6 Å². The molecule has 3 heterocycles. The summed E-state index contributed by atoms with van der Waals surface area (Å²) in [5.41, 5.74) is 2.93. The largest absolute Gasteiger partial charge is 0.337 e. The van der Waals surface area contributed by atoms with E-state index in [1.54, 1.807) is 0 Å². The fourth-order valence-corrected chi connectivity index (χ4v) is 4.14. The van der Waals surface area contributed by atoms with Crippen molar-refractivity contribution < 1.29 is 0 Å². The highest BCUT2D eigenvalue weighted by molar-refractivity contribution is 5.33. The lowest BCUT2D eigenvalue weighted by molar-refractivity contribution is 0.133. The average molecular weight is 297 g/mol. The Morgan fingerprint density at radius 3 is 3.00 bits per heavy atom. The van der Waals surface area contributed by atoms with E-state index < -0.39 is 0 Å². The highest BCUT2D eigenvalue weighted by Gasteiger charge is 2.43. The summed E-state index contributed by atoms with van der Waals surface area (Å²) in [6.07, 6.45) is 10.8. The van der Waals surface area contributed by atoms with Gasteiger partial charge in [0.15, 0.2) is 0 Å². The van der Waals surface area contributed by atoms with Gasteiger partial charge in [-0.3, -0.25) is 4.90 Å². The fourth-order valence-electron chi connectivity index (χ4n) is 4.14. The molecule has 1 fully saturated rings. The first-order valence-corrected chi connectivity index (χ1v) is 8.18. The van der Waals surface area contributed by atoms with Crippen LogP contribution >= 0.6 is 0 Å². The van der Waals surface area contributed by atoms with Crippen molar-refractivity contribution in [3.63, 3.8) is 0 Å². The van der Waals surface area contributed by atoms with E-state index in [0.29, 0.717) is 0 Å². The van der Waals surface area contributed by atoms with E-state index in [9.17, 15) is 0 Å². The van der Waals surface area contributed by atoms with Gasteiger partial charge in [-0.1, -0.05) is 0 Å². The molecule has 1 atom stereocenters. The van der Waals surface area contributed by atoms with E-state index in [2.05, 4.69) is 26.5 Å². The zero-order valence-electron chi connectivity index (χ0n) is 13.4. The van der Waals surface area contributed by atoms with Crippen molar-refractivity contribution in [2.45, 2.75) is 44.6 Å². The lowest BCUT2D eigenvalue weighted by Crippen LogP contribution is -2.45. The average Bonchev–Trinajstić information content (AvgIpc) is 3.05. The number of fused-ring (bicyclic) bond motifs is 2. The zero-order valence-corrected chi connectivity index (χ0v) is 13.4. The summed E-state index contributed by atoms with van der Waals surface area (Å²) in [7, 11) is 2.07. The number of likely N-dealkylation sites (tertiary alicyclic amines) is 1. The summed E-state index contributed by atoms with van der Waals surface area (Å²) in [5, 5.41) is 0. The first-order chi connectivity index (χ1) is 10.7. The predicted octanol–water partition coefficient (Wildman–Crippen LogP) is 2.00. The van der Waals surface area contributed by atoms with Crippen LogP contribution in [0.3, 0.4) is 0 Å². The van der Waals surface area contributed by atoms with Crippen LogP contribution in [0.4, 0.5) is 0 Å². The Bertz CT molecular complexity index is 688. The summed E-state index contributed by atoms with van der Waals surface area (Å²) in [6, 6.07) is 0. The number of aromatic nitrogens is 4. The molecule has 0 amide bonds. The van der Waals surface area contributed by atoms with Crippen molar-refractivity contribution in [2.24, 2.45) is 7.05 Å². The van der Waals surface area contributed by atoms with Crippen molar-refractivity contribution in [2.75, 3.05) is 13.1 Å². The van der Waals surface area contributed by atoms with Crippen LogP contribution in [0.1, 0.15) is 42.2 Å². The van der Waals surface area contributed by atoms with Gasteiger partial charge < -0.3 is 4.57 Å². The molecular formula is C17H23N5. The van der Waals surface area contributed by atoms with Crippen molar-refractivity contribution in [3.05, 3.63) is 41.5 Å². The smallest absolute Gasteiger partial charge is 0.125 e. The second kappa shape index (κ2) is 5.16. The summed E-state index contributed by atoms with van der Waals surface area (Å²) < 4.78 is 2.12. The Labute approximate surface area is 131 Å². The topological polar surface area (TPSA) is 46.8 Å². The molecule has 5 nitrogen and oxygen atoms in total. The first kappa shape index (κ1) is 13.9. The molecule has 22 heavy (non-hydrogen) atoms. The molecule has 4 rings (SSSR count). The summed E-state index contributed by atoms with van der Waals surface area (Å²) in [4.78, 5) is 16.2. The second-order valence-corrected chi connectivity index (χ2v) is 6.84. The third-order valence-corrected chi connectivity index (χ3v) is 5.30. The van der Waals surface area contributed by atoms with Gasteiger partial charge in [0.2, 0.25) is 0 Å². The highest BCUT2D eigenvalue weighted by Crippen LogP contribution is 2.43. The number of aryl methyl sites for hydroxylation is 3. The molecule has 116 valence electrons. The van der Waals surface area contributed by atoms with Crippen LogP contribution in [0.5, 0.6) is 0 Å². The number of piperidine rings is 1. The number of nitrogens with zero attached hydrogens (tertiary/aromatic N) is 5. The van der Waals surface area contributed by atoms with Crippen LogP contribution in [0.25, 0.3) is 0 Å². The van der Waals surface area contributed by atoms with Gasteiger partial charge in [0.25, 0.3) is 0 Å². The molecule has 2 aromatic heterocycles. The second-order valence-electron chi connectivity index (χ2n) is 6.84. The van der Waals surface area contributed by atoms with Gasteiger partial charge in [-0.15, -0.1) is 0 Å². The maximum absolute atomic E-state index is 4.82. The molecule has 1 spiro atoms. The van der Waals surface area contributed by atoms with Gasteiger partial charge in [0, 0.05) is 37.6 Å². The van der Waals surface area contributed by atoms with Gasteiger partial charge >= 0.3 is 0 Å². The highest BCUT2D eigenvalue weighted by atomic mass is 15.2. The van der Waals surface area contributed by atoms with E-state index in [-0.39, 0.29) is 5.41 Å². The lowest BCUT2D eigenvalue weighted by Gasteiger charge is -2.40. The minimum Gasteiger partial charge on any atom is -0.337 e. The van der Waals surface area contributed by atoms with E-state index in [1.165, 1.54) is 30.5 Å². The fraction of sp³-hybridized carbons (Fsp3) is 0.588. The number of hydrogen-bond donors (Lipinski definition) is 0. The molecule has 1 unspecified atom stereocenters. The van der Waals surface area contributed by atoms with Crippen LogP contribution < -0.4 is 0 Å². The molecule has 0 aromatic carbocycles. The Morgan fingerprint density at radius 1 is 1.27 bits per heavy atom. The summed E-state index contributed by atoms with van der Waals surface area (Å²) >= 11 is 0. The summed E-state index contributed by atoms with van der Waals surface area (Å²) in [5.74, 6) is 2.05. The van der Waals surface area contributed by atoms with Crippen molar-refractivity contribution in [1.82, 2.24) is 24.4 Å². The third kappa shape index (κ3) is 2.24. The number of imidazole rings is 1. The van der Waals surface area contributed by atoms with E-state index >= 15 is 0 Å². The molecule has 1 aliphatic heterocycles. The van der Waals surface area contributed by atoms with E-state index in [0.717, 1.165) is 37.7 Å². The van der Waals surface area contributed by atoms with Crippen molar-refractivity contribution in [1.29, 1.82) is 0 Å². The van der Waals surface area contributed by atoms with E-state index in [4.69, 9.17) is 4.98 Å². The lowest BCUT2D eigenvalue weighted by atomic mass is 9.77. The Kier molecular flexibility index (Phi) is 3.26. The molecule has 0 N–H and O–H groups in total. The normalized spacial score (nSPS) is 24.8. The van der Waals surface area contributed by atoms with Crippen LogP contribution in [-0.2, 0) is 25.4 Å². The number of hydrogen-bond acceptors (Lipinski definition) is 4. The summed E-state index contributed by atoms with van der Waals surface area (Å²) in [6.45, 7) is 5.20. The van der Waals surface area contributed by atoms with Gasteiger partial charge in [-0.2, -0.15) is 0 Å². The Hall–Kier alpha value is -1.75. The minimum absolute atomic E-state index is 0.243. The third-order valence-electron chi connectivity index (χ3n) is 5.30. The molecule has 2 aromatic rings. The molecule has 0 radical (unpaired) electrons. The molecule has 1 aliphatic carbocycles. The van der Waals surface area contributed by atoms with Crippen LogP contribution in [0.2, 0.25) is 0 Å². The maximum Gasteiger partial charge on any atom is 0.125 e. The van der Waals surface area contributed by atoms with Crippen LogP contribution in [0, 0.1) is 6.92 Å². The molecule has 5 heteroatoms. The van der Waals surface area contributed by atoms with Gasteiger partial charge in [0.05, 0.1) is 12.2 Å². The van der Waals surface area contributed by atoms with Gasteiger partial charge in [-0.25, -0.2) is 15.0 Å². The van der Waals surface area contributed by atoms with Crippen LogP contribution in [-0.4, -0.2) is 37.5 Å². The molecule has 0 saturated carbocycles. The standard InChI is InChI=1S/C17H23N5/c1-13-19-10-14-4-6-17(16(14)20-13)5-3-8-22(12-17)11-15-18-7-9-21(15)2/h7,9-10H,3-6,8,11-12H2,1-2H3. The minimum atomic E-state index is 0.243. The maximum atomic E-state index is 4.82. The van der Waals surface area contributed by atoms with E-state index in [1.807, 2.05) is 25.5 Å². The molecular weight excluding hydrogens is 274 g/mol. The molecule has 2 aliphatic rings. The van der Waals surface area contributed by atoms with Gasteiger partial charge in [-0.05, 0) is 44.7 Å². The molecule has 0 bridgehead atoms. The van der Waals surface area contributed by atoms with Crippen molar-refractivity contribution >= 4 is 0 Å². The quantitative estimate of drug-likeness (QED) is 0.850. The predicted molar refractivity (Wildman–Crippen MR) is 84.5 cm³/mol. The number of rotatable bonds is 2. The zero-order chi connectivity index (χ0) is 15.2. The monoisotopic (exact) mass is 297 g/mol. The Balaban J connectivity index is 1.59.